The Morgan fingerprint density at radius 1 is 1.25 bits per heavy atom. The molecule has 0 spiro atoms. The summed E-state index contributed by atoms with van der Waals surface area (Å²) in [4.78, 5) is 32.9. The maximum Gasteiger partial charge on any atom is 0.254 e. The zero-order valence-corrected chi connectivity index (χ0v) is 13.8. The van der Waals surface area contributed by atoms with Crippen molar-refractivity contribution in [2.45, 2.75) is 38.5 Å². The number of nitrogens with two attached hydrogens (primary N) is 1. The van der Waals surface area contributed by atoms with Crippen molar-refractivity contribution in [3.63, 3.8) is 0 Å². The molecule has 1 aromatic heterocycles. The van der Waals surface area contributed by atoms with Crippen LogP contribution in [0.25, 0.3) is 11.0 Å². The Labute approximate surface area is 141 Å². The molecule has 0 radical (unpaired) electrons. The molecule has 6 nitrogen and oxygen atoms in total. The summed E-state index contributed by atoms with van der Waals surface area (Å²) < 4.78 is 0. The van der Waals surface area contributed by atoms with Gasteiger partial charge in [0.2, 0.25) is 5.91 Å². The number of amides is 2. The summed E-state index contributed by atoms with van der Waals surface area (Å²) in [6.45, 7) is 0.542. The summed E-state index contributed by atoms with van der Waals surface area (Å²) >= 11 is 0. The van der Waals surface area contributed by atoms with E-state index in [2.05, 4.69) is 9.97 Å². The first-order valence-electron chi connectivity index (χ1n) is 8.64. The Kier molecular flexibility index (Phi) is 5.13. The number of hydrogen-bond donors (Lipinski definition) is 2. The number of carbonyl (C=O) groups is 2. The lowest BCUT2D eigenvalue weighted by Gasteiger charge is -2.26. The molecule has 3 N–H and O–H groups in total. The summed E-state index contributed by atoms with van der Waals surface area (Å²) in [5.74, 6) is 0.0211. The highest BCUT2D eigenvalue weighted by Crippen LogP contribution is 2.26. The van der Waals surface area contributed by atoms with Crippen molar-refractivity contribution in [1.29, 1.82) is 0 Å². The lowest BCUT2D eigenvalue weighted by atomic mass is 9.87. The van der Waals surface area contributed by atoms with Crippen molar-refractivity contribution in [2.75, 3.05) is 13.1 Å². The number of aromatic amines is 1. The van der Waals surface area contributed by atoms with Crippen LogP contribution in [-0.4, -0.2) is 39.8 Å². The molecule has 1 heterocycles. The van der Waals surface area contributed by atoms with Crippen LogP contribution in [0, 0.1) is 5.92 Å². The Balaban J connectivity index is 1.71. The average Bonchev–Trinajstić information content (AvgIpc) is 3.06. The summed E-state index contributed by atoms with van der Waals surface area (Å²) in [6, 6.07) is 5.34. The Morgan fingerprint density at radius 2 is 2.04 bits per heavy atom. The van der Waals surface area contributed by atoms with Gasteiger partial charge >= 0.3 is 0 Å². The third-order valence-electron chi connectivity index (χ3n) is 4.83. The number of benzene rings is 1. The average molecular weight is 328 g/mol. The minimum Gasteiger partial charge on any atom is -0.368 e. The fourth-order valence-electron chi connectivity index (χ4n) is 3.51. The monoisotopic (exact) mass is 328 g/mol. The van der Waals surface area contributed by atoms with Crippen LogP contribution in [0.3, 0.4) is 0 Å². The Hall–Kier alpha value is -2.37. The number of imidazole rings is 1. The van der Waals surface area contributed by atoms with Crippen molar-refractivity contribution in [3.05, 3.63) is 30.1 Å². The van der Waals surface area contributed by atoms with Gasteiger partial charge in [0.1, 0.15) is 0 Å². The van der Waals surface area contributed by atoms with Gasteiger partial charge in [-0.25, -0.2) is 4.98 Å². The highest BCUT2D eigenvalue weighted by Gasteiger charge is 2.21. The fourth-order valence-corrected chi connectivity index (χ4v) is 3.51. The van der Waals surface area contributed by atoms with Gasteiger partial charge in [-0.2, -0.15) is 0 Å². The Morgan fingerprint density at radius 3 is 2.79 bits per heavy atom. The Bertz CT molecular complexity index is 719. The quantitative estimate of drug-likeness (QED) is 0.853. The number of fused-ring (bicyclic) bond motifs is 1. The smallest absolute Gasteiger partial charge is 0.254 e. The third-order valence-corrected chi connectivity index (χ3v) is 4.83. The van der Waals surface area contributed by atoms with E-state index in [-0.39, 0.29) is 12.5 Å². The van der Waals surface area contributed by atoms with Gasteiger partial charge in [-0.15, -0.1) is 0 Å². The van der Waals surface area contributed by atoms with E-state index < -0.39 is 5.91 Å². The lowest BCUT2D eigenvalue weighted by Crippen LogP contribution is -2.39. The maximum atomic E-state index is 12.8. The molecule has 2 amide bonds. The van der Waals surface area contributed by atoms with Crippen LogP contribution < -0.4 is 5.73 Å². The second kappa shape index (κ2) is 7.47. The summed E-state index contributed by atoms with van der Waals surface area (Å²) in [5, 5.41) is 0. The summed E-state index contributed by atoms with van der Waals surface area (Å²) in [7, 11) is 0. The maximum absolute atomic E-state index is 12.8. The highest BCUT2D eigenvalue weighted by atomic mass is 16.2. The number of nitrogens with one attached hydrogen (secondary N) is 1. The molecule has 0 unspecified atom stereocenters. The molecule has 0 bridgehead atoms. The van der Waals surface area contributed by atoms with Crippen LogP contribution in [0.5, 0.6) is 0 Å². The van der Waals surface area contributed by atoms with Crippen LogP contribution in [0.1, 0.15) is 48.9 Å². The first kappa shape index (κ1) is 16.5. The second-order valence-electron chi connectivity index (χ2n) is 6.62. The number of rotatable bonds is 6. The molecule has 0 atom stereocenters. The summed E-state index contributed by atoms with van der Waals surface area (Å²) in [5.41, 5.74) is 7.52. The second-order valence-corrected chi connectivity index (χ2v) is 6.62. The molecular weight excluding hydrogens is 304 g/mol. The number of H-pyrrole nitrogens is 1. The molecule has 1 aliphatic carbocycles. The first-order valence-corrected chi connectivity index (χ1v) is 8.64. The molecule has 0 saturated heterocycles. The van der Waals surface area contributed by atoms with Crippen LogP contribution in [0.2, 0.25) is 0 Å². The predicted octanol–water partition coefficient (Wildman–Crippen LogP) is 2.46. The first-order chi connectivity index (χ1) is 11.6. The van der Waals surface area contributed by atoms with E-state index in [1.165, 1.54) is 32.1 Å². The van der Waals surface area contributed by atoms with Gasteiger partial charge < -0.3 is 15.6 Å². The van der Waals surface area contributed by atoms with E-state index in [1.807, 2.05) is 6.07 Å². The van der Waals surface area contributed by atoms with Crippen LogP contribution >= 0.6 is 0 Å². The molecule has 1 aromatic carbocycles. The van der Waals surface area contributed by atoms with E-state index >= 15 is 0 Å². The van der Waals surface area contributed by atoms with Gasteiger partial charge in [0.25, 0.3) is 5.91 Å². The zero-order valence-electron chi connectivity index (χ0n) is 13.8. The van der Waals surface area contributed by atoms with Gasteiger partial charge in [-0.3, -0.25) is 9.59 Å². The number of hydrogen-bond acceptors (Lipinski definition) is 3. The summed E-state index contributed by atoms with van der Waals surface area (Å²) in [6.07, 6.45) is 8.83. The van der Waals surface area contributed by atoms with Gasteiger partial charge in [-0.05, 0) is 30.5 Å². The third kappa shape index (κ3) is 3.93. The lowest BCUT2D eigenvalue weighted by molar-refractivity contribution is -0.118. The van der Waals surface area contributed by atoms with Crippen molar-refractivity contribution in [2.24, 2.45) is 11.7 Å². The highest BCUT2D eigenvalue weighted by molar-refractivity contribution is 5.98. The normalized spacial score (nSPS) is 15.5. The van der Waals surface area contributed by atoms with Crippen molar-refractivity contribution in [1.82, 2.24) is 14.9 Å². The van der Waals surface area contributed by atoms with Crippen molar-refractivity contribution >= 4 is 22.8 Å². The zero-order chi connectivity index (χ0) is 16.9. The van der Waals surface area contributed by atoms with Gasteiger partial charge in [-0.1, -0.05) is 32.1 Å². The van der Waals surface area contributed by atoms with Gasteiger partial charge in [0.05, 0.1) is 23.9 Å². The van der Waals surface area contributed by atoms with E-state index in [9.17, 15) is 9.59 Å². The number of aromatic nitrogens is 2. The number of carbonyl (C=O) groups excluding carboxylic acids is 2. The fraction of sp³-hybridized carbons (Fsp3) is 0.500. The standard InChI is InChI=1S/C18H24N4O2/c19-17(23)11-22(9-8-13-4-2-1-3-5-13)18(24)14-6-7-15-16(10-14)21-12-20-15/h6-7,10,12-13H,1-5,8-9,11H2,(H2,19,23)(H,20,21). The molecule has 2 aromatic rings. The van der Waals surface area contributed by atoms with Crippen LogP contribution in [-0.2, 0) is 4.79 Å². The molecule has 128 valence electrons. The molecule has 6 heteroatoms. The van der Waals surface area contributed by atoms with Crippen LogP contribution in [0.15, 0.2) is 24.5 Å². The number of primary amides is 1. The van der Waals surface area contributed by atoms with E-state index in [0.29, 0.717) is 18.0 Å². The van der Waals surface area contributed by atoms with Gasteiger partial charge in [0.15, 0.2) is 0 Å². The molecule has 1 fully saturated rings. The van der Waals surface area contributed by atoms with Crippen molar-refractivity contribution < 1.29 is 9.59 Å². The molecule has 1 saturated carbocycles. The molecule has 1 aliphatic rings. The van der Waals surface area contributed by atoms with Gasteiger partial charge in [0, 0.05) is 12.1 Å². The predicted molar refractivity (Wildman–Crippen MR) is 92.4 cm³/mol. The SMILES string of the molecule is NC(=O)CN(CCC1CCCCC1)C(=O)c1ccc2nc[nH]c2c1. The van der Waals surface area contributed by atoms with E-state index in [1.54, 1.807) is 23.4 Å². The van der Waals surface area contributed by atoms with Crippen molar-refractivity contribution in [3.8, 4) is 0 Å². The van der Waals surface area contributed by atoms with Crippen LogP contribution in [0.4, 0.5) is 0 Å². The van der Waals surface area contributed by atoms with E-state index in [4.69, 9.17) is 5.73 Å². The number of nitrogens with zero attached hydrogens (tertiary/aromatic N) is 2. The minimum atomic E-state index is -0.477. The largest absolute Gasteiger partial charge is 0.368 e. The van der Waals surface area contributed by atoms with E-state index in [0.717, 1.165) is 17.5 Å². The molecular formula is C18H24N4O2. The topological polar surface area (TPSA) is 92.1 Å². The molecule has 24 heavy (non-hydrogen) atoms. The molecule has 0 aliphatic heterocycles. The molecule has 3 rings (SSSR count). The minimum absolute atomic E-state index is 0.0352.